The van der Waals surface area contributed by atoms with Gasteiger partial charge in [-0.15, -0.1) is 0 Å². The zero-order chi connectivity index (χ0) is 14.2. The molecule has 0 saturated carbocycles. The first-order valence-corrected chi connectivity index (χ1v) is 6.13. The van der Waals surface area contributed by atoms with Crippen LogP contribution >= 0.6 is 0 Å². The highest BCUT2D eigenvalue weighted by atomic mass is 16.3. The number of nitrogens with two attached hydrogens (primary N) is 1. The van der Waals surface area contributed by atoms with Crippen molar-refractivity contribution in [1.82, 2.24) is 0 Å². The van der Waals surface area contributed by atoms with Gasteiger partial charge in [-0.3, -0.25) is 4.79 Å². The minimum Gasteiger partial charge on any atom is -0.466 e. The molecule has 0 spiro atoms. The Labute approximate surface area is 112 Å². The number of carbonyl (C=O) groups is 1. The lowest BCUT2D eigenvalue weighted by atomic mass is 10.1. The van der Waals surface area contributed by atoms with Crippen molar-refractivity contribution in [3.05, 3.63) is 46.4 Å². The fourth-order valence-corrected chi connectivity index (χ4v) is 2.05. The van der Waals surface area contributed by atoms with Gasteiger partial charge in [-0.2, -0.15) is 0 Å². The predicted octanol–water partition coefficient (Wildman–Crippen LogP) is 3.35. The molecule has 1 heterocycles. The zero-order valence-electron chi connectivity index (χ0n) is 11.6. The fraction of sp³-hybridized carbons (Fsp3) is 0.267. The second-order valence-electron chi connectivity index (χ2n) is 4.80. The van der Waals surface area contributed by atoms with Gasteiger partial charge >= 0.3 is 0 Å². The summed E-state index contributed by atoms with van der Waals surface area (Å²) in [6, 6.07) is 5.47. The van der Waals surface area contributed by atoms with E-state index < -0.39 is 0 Å². The van der Waals surface area contributed by atoms with Crippen LogP contribution in [0.2, 0.25) is 0 Å². The Morgan fingerprint density at radius 1 is 1.11 bits per heavy atom. The summed E-state index contributed by atoms with van der Waals surface area (Å²) in [4.78, 5) is 12.2. The molecular weight excluding hydrogens is 240 g/mol. The standard InChI is InChI=1S/C15H18N2O2/c1-8-5-9(2)14(7-13(8)16)17-15(18)12-6-10(3)19-11(12)4/h5-7H,16H2,1-4H3,(H,17,18). The van der Waals surface area contributed by atoms with Crippen molar-refractivity contribution in [3.8, 4) is 0 Å². The smallest absolute Gasteiger partial charge is 0.259 e. The van der Waals surface area contributed by atoms with Crippen molar-refractivity contribution in [1.29, 1.82) is 0 Å². The average molecular weight is 258 g/mol. The molecule has 0 radical (unpaired) electrons. The van der Waals surface area contributed by atoms with Gasteiger partial charge in [0.2, 0.25) is 0 Å². The Bertz CT molecular complexity index is 642. The van der Waals surface area contributed by atoms with Gasteiger partial charge in [0, 0.05) is 11.4 Å². The van der Waals surface area contributed by atoms with Crippen LogP contribution in [0.15, 0.2) is 22.6 Å². The number of amides is 1. The molecule has 0 aliphatic rings. The van der Waals surface area contributed by atoms with Crippen molar-refractivity contribution >= 4 is 17.3 Å². The molecule has 0 bridgehead atoms. The van der Waals surface area contributed by atoms with E-state index in [2.05, 4.69) is 5.32 Å². The molecule has 0 saturated heterocycles. The lowest BCUT2D eigenvalue weighted by Gasteiger charge is -2.10. The molecule has 0 fully saturated rings. The quantitative estimate of drug-likeness (QED) is 0.812. The maximum atomic E-state index is 12.2. The van der Waals surface area contributed by atoms with Crippen LogP contribution in [0.4, 0.5) is 11.4 Å². The molecule has 0 atom stereocenters. The normalized spacial score (nSPS) is 10.5. The molecule has 1 aromatic heterocycles. The fourth-order valence-electron chi connectivity index (χ4n) is 2.05. The van der Waals surface area contributed by atoms with Crippen molar-refractivity contribution in [2.24, 2.45) is 0 Å². The van der Waals surface area contributed by atoms with Crippen LogP contribution in [-0.4, -0.2) is 5.91 Å². The first kappa shape index (κ1) is 13.2. The summed E-state index contributed by atoms with van der Waals surface area (Å²) in [6.07, 6.45) is 0. The topological polar surface area (TPSA) is 68.3 Å². The maximum Gasteiger partial charge on any atom is 0.259 e. The zero-order valence-corrected chi connectivity index (χ0v) is 11.6. The number of hydrogen-bond acceptors (Lipinski definition) is 3. The summed E-state index contributed by atoms with van der Waals surface area (Å²) in [5, 5.41) is 2.87. The summed E-state index contributed by atoms with van der Waals surface area (Å²) in [5.41, 5.74) is 9.81. The van der Waals surface area contributed by atoms with Crippen molar-refractivity contribution in [2.75, 3.05) is 11.1 Å². The lowest BCUT2D eigenvalue weighted by molar-refractivity contribution is 0.102. The Morgan fingerprint density at radius 2 is 1.79 bits per heavy atom. The maximum absolute atomic E-state index is 12.2. The third kappa shape index (κ3) is 2.62. The monoisotopic (exact) mass is 258 g/mol. The van der Waals surface area contributed by atoms with Crippen molar-refractivity contribution in [2.45, 2.75) is 27.7 Å². The van der Waals surface area contributed by atoms with Gasteiger partial charge in [-0.25, -0.2) is 0 Å². The second-order valence-corrected chi connectivity index (χ2v) is 4.80. The number of nitrogens with one attached hydrogen (secondary N) is 1. The molecule has 1 amide bonds. The van der Waals surface area contributed by atoms with E-state index in [1.54, 1.807) is 19.1 Å². The van der Waals surface area contributed by atoms with E-state index in [0.29, 0.717) is 17.0 Å². The van der Waals surface area contributed by atoms with Crippen LogP contribution in [-0.2, 0) is 0 Å². The summed E-state index contributed by atoms with van der Waals surface area (Å²) in [6.45, 7) is 7.48. The molecule has 0 aliphatic carbocycles. The first-order valence-electron chi connectivity index (χ1n) is 6.13. The molecule has 19 heavy (non-hydrogen) atoms. The van der Waals surface area contributed by atoms with Crippen LogP contribution in [0, 0.1) is 27.7 Å². The van der Waals surface area contributed by atoms with Gasteiger partial charge in [-0.05, 0) is 51.0 Å². The van der Waals surface area contributed by atoms with Gasteiger partial charge in [0.25, 0.3) is 5.91 Å². The average Bonchev–Trinajstić information content (AvgIpc) is 2.65. The molecule has 0 unspecified atom stereocenters. The summed E-state index contributed by atoms with van der Waals surface area (Å²) in [7, 11) is 0. The molecule has 2 aromatic rings. The third-order valence-electron chi connectivity index (χ3n) is 3.15. The van der Waals surface area contributed by atoms with Gasteiger partial charge in [0.05, 0.1) is 5.56 Å². The van der Waals surface area contributed by atoms with Gasteiger partial charge in [0.15, 0.2) is 0 Å². The van der Waals surface area contributed by atoms with E-state index in [4.69, 9.17) is 10.2 Å². The molecule has 3 N–H and O–H groups in total. The van der Waals surface area contributed by atoms with Gasteiger partial charge in [0.1, 0.15) is 11.5 Å². The Morgan fingerprint density at radius 3 is 2.37 bits per heavy atom. The van der Waals surface area contributed by atoms with Crippen molar-refractivity contribution in [3.63, 3.8) is 0 Å². The van der Waals surface area contributed by atoms with Gasteiger partial charge < -0.3 is 15.5 Å². The predicted molar refractivity (Wildman–Crippen MR) is 76.5 cm³/mol. The number of aryl methyl sites for hydroxylation is 4. The number of benzene rings is 1. The second kappa shape index (κ2) is 4.80. The van der Waals surface area contributed by atoms with Crippen LogP contribution in [0.1, 0.15) is 33.0 Å². The third-order valence-corrected chi connectivity index (χ3v) is 3.15. The van der Waals surface area contributed by atoms with E-state index >= 15 is 0 Å². The summed E-state index contributed by atoms with van der Waals surface area (Å²) < 4.78 is 5.36. The van der Waals surface area contributed by atoms with Crippen LogP contribution < -0.4 is 11.1 Å². The molecule has 4 nitrogen and oxygen atoms in total. The van der Waals surface area contributed by atoms with Gasteiger partial charge in [-0.1, -0.05) is 6.07 Å². The summed E-state index contributed by atoms with van der Waals surface area (Å²) >= 11 is 0. The van der Waals surface area contributed by atoms with E-state index in [1.165, 1.54) is 0 Å². The number of hydrogen-bond donors (Lipinski definition) is 2. The number of nitrogen functional groups attached to an aromatic ring is 1. The van der Waals surface area contributed by atoms with E-state index in [0.717, 1.165) is 22.6 Å². The molecule has 1 aromatic carbocycles. The molecule has 2 rings (SSSR count). The first-order chi connectivity index (χ1) is 8.88. The van der Waals surface area contributed by atoms with Crippen LogP contribution in [0.3, 0.4) is 0 Å². The number of rotatable bonds is 2. The van der Waals surface area contributed by atoms with Crippen LogP contribution in [0.5, 0.6) is 0 Å². The molecule has 100 valence electrons. The number of anilines is 2. The highest BCUT2D eigenvalue weighted by molar-refractivity contribution is 6.05. The highest BCUT2D eigenvalue weighted by Gasteiger charge is 2.14. The minimum atomic E-state index is -0.180. The number of furan rings is 1. The van der Waals surface area contributed by atoms with E-state index in [1.807, 2.05) is 26.8 Å². The highest BCUT2D eigenvalue weighted by Crippen LogP contribution is 2.23. The molecule has 0 aliphatic heterocycles. The van der Waals surface area contributed by atoms with E-state index in [9.17, 15) is 4.79 Å². The Balaban J connectivity index is 2.29. The Hall–Kier alpha value is -2.23. The lowest BCUT2D eigenvalue weighted by Crippen LogP contribution is -2.13. The van der Waals surface area contributed by atoms with Crippen LogP contribution in [0.25, 0.3) is 0 Å². The largest absolute Gasteiger partial charge is 0.466 e. The summed E-state index contributed by atoms with van der Waals surface area (Å²) in [5.74, 6) is 1.16. The molecular formula is C15H18N2O2. The SMILES string of the molecule is Cc1cc(C(=O)Nc2cc(N)c(C)cc2C)c(C)o1. The van der Waals surface area contributed by atoms with E-state index in [-0.39, 0.29) is 5.91 Å². The van der Waals surface area contributed by atoms with Crippen molar-refractivity contribution < 1.29 is 9.21 Å². The molecule has 4 heteroatoms. The Kier molecular flexibility index (Phi) is 3.34. The number of carbonyl (C=O) groups excluding carboxylic acids is 1. The minimum absolute atomic E-state index is 0.180.